The van der Waals surface area contributed by atoms with Crippen molar-refractivity contribution in [2.45, 2.75) is 33.1 Å². The van der Waals surface area contributed by atoms with Gasteiger partial charge in [0.2, 0.25) is 0 Å². The van der Waals surface area contributed by atoms with Crippen LogP contribution in [0.4, 0.5) is 0 Å². The molecular weight excluding hydrogens is 268 g/mol. The Kier molecular flexibility index (Phi) is 3.01. The quantitative estimate of drug-likeness (QED) is 0.683. The average Bonchev–Trinajstić information content (AvgIpc) is 2.87. The Morgan fingerprint density at radius 2 is 1.60 bits per heavy atom. The highest BCUT2D eigenvalue weighted by Gasteiger charge is 2.21. The summed E-state index contributed by atoms with van der Waals surface area (Å²) in [6.45, 7) is 8.37. The van der Waals surface area contributed by atoms with Crippen molar-refractivity contribution in [1.29, 1.82) is 0 Å². The summed E-state index contributed by atoms with van der Waals surface area (Å²) in [4.78, 5) is 9.29. The van der Waals surface area contributed by atoms with E-state index >= 15 is 0 Å². The zero-order valence-corrected chi connectivity index (χ0v) is 12.8. The molecule has 0 saturated heterocycles. The highest BCUT2D eigenvalue weighted by atomic mass is 32.1. The molecule has 0 atom stereocenters. The first-order chi connectivity index (χ1) is 9.45. The maximum atomic E-state index is 4.69. The first-order valence-electron chi connectivity index (χ1n) is 6.53. The van der Waals surface area contributed by atoms with Crippen LogP contribution < -0.4 is 0 Å². The third-order valence-corrected chi connectivity index (χ3v) is 4.37. The Hall–Kier alpha value is -1.88. The van der Waals surface area contributed by atoms with Crippen LogP contribution in [-0.4, -0.2) is 20.2 Å². The number of para-hydroxylation sites is 2. The van der Waals surface area contributed by atoms with Crippen LogP contribution in [0.1, 0.15) is 31.5 Å². The molecule has 102 valence electrons. The summed E-state index contributed by atoms with van der Waals surface area (Å²) in [5.74, 6) is 0. The van der Waals surface area contributed by atoms with Crippen LogP contribution in [0.15, 0.2) is 24.3 Å². The van der Waals surface area contributed by atoms with Gasteiger partial charge >= 0.3 is 0 Å². The van der Waals surface area contributed by atoms with Gasteiger partial charge in [-0.05, 0) is 19.1 Å². The summed E-state index contributed by atoms with van der Waals surface area (Å²) in [6, 6.07) is 7.88. The van der Waals surface area contributed by atoms with Crippen molar-refractivity contribution in [2.75, 3.05) is 0 Å². The fourth-order valence-corrected chi connectivity index (χ4v) is 2.86. The zero-order valence-electron chi connectivity index (χ0n) is 12.0. The molecule has 0 fully saturated rings. The number of hydrogen-bond donors (Lipinski definition) is 0. The zero-order chi connectivity index (χ0) is 14.3. The molecule has 3 aromatic rings. The van der Waals surface area contributed by atoms with E-state index in [1.165, 1.54) is 0 Å². The maximum Gasteiger partial charge on any atom is 0.168 e. The minimum absolute atomic E-state index is 0.00803. The van der Waals surface area contributed by atoms with Gasteiger partial charge in [-0.15, -0.1) is 10.2 Å². The van der Waals surface area contributed by atoms with Gasteiger partial charge in [0.05, 0.1) is 16.7 Å². The summed E-state index contributed by atoms with van der Waals surface area (Å²) >= 11 is 1.59. The largest absolute Gasteiger partial charge is 0.249 e. The minimum atomic E-state index is 0.00803. The third kappa shape index (κ3) is 2.29. The Morgan fingerprint density at radius 3 is 2.20 bits per heavy atom. The SMILES string of the molecule is Cc1nc2ccccc2nc1-c1nnc(C(C)(C)C)s1. The van der Waals surface area contributed by atoms with Crippen molar-refractivity contribution < 1.29 is 0 Å². The Labute approximate surface area is 121 Å². The van der Waals surface area contributed by atoms with Crippen molar-refractivity contribution in [3.8, 4) is 10.7 Å². The molecule has 0 amide bonds. The lowest BCUT2D eigenvalue weighted by molar-refractivity contribution is 0.578. The van der Waals surface area contributed by atoms with Crippen LogP contribution in [-0.2, 0) is 5.41 Å². The minimum Gasteiger partial charge on any atom is -0.249 e. The van der Waals surface area contributed by atoms with Crippen LogP contribution in [0.2, 0.25) is 0 Å². The average molecular weight is 284 g/mol. The predicted molar refractivity (Wildman–Crippen MR) is 81.9 cm³/mol. The van der Waals surface area contributed by atoms with Gasteiger partial charge in [-0.3, -0.25) is 0 Å². The number of aromatic nitrogens is 4. The first kappa shape index (κ1) is 13.1. The third-order valence-electron chi connectivity index (χ3n) is 3.01. The molecule has 5 heteroatoms. The summed E-state index contributed by atoms with van der Waals surface area (Å²) < 4.78 is 0. The summed E-state index contributed by atoms with van der Waals surface area (Å²) in [5, 5.41) is 10.4. The molecule has 0 unspecified atom stereocenters. The van der Waals surface area contributed by atoms with Gasteiger partial charge in [0.25, 0.3) is 0 Å². The van der Waals surface area contributed by atoms with E-state index in [0.29, 0.717) is 0 Å². The van der Waals surface area contributed by atoms with Gasteiger partial charge in [-0.1, -0.05) is 44.2 Å². The molecule has 0 radical (unpaired) electrons. The van der Waals surface area contributed by atoms with Gasteiger partial charge in [0, 0.05) is 5.41 Å². The fraction of sp³-hybridized carbons (Fsp3) is 0.333. The molecule has 0 N–H and O–H groups in total. The van der Waals surface area contributed by atoms with E-state index in [-0.39, 0.29) is 5.41 Å². The molecule has 3 rings (SSSR count). The van der Waals surface area contributed by atoms with Crippen molar-refractivity contribution >= 4 is 22.4 Å². The molecular formula is C15H16N4S. The van der Waals surface area contributed by atoms with Crippen LogP contribution in [0.25, 0.3) is 21.7 Å². The lowest BCUT2D eigenvalue weighted by atomic mass is 9.98. The molecule has 4 nitrogen and oxygen atoms in total. The van der Waals surface area contributed by atoms with E-state index in [0.717, 1.165) is 32.4 Å². The molecule has 0 aliphatic rings. The van der Waals surface area contributed by atoms with Crippen LogP contribution in [0.5, 0.6) is 0 Å². The second-order valence-electron chi connectivity index (χ2n) is 5.81. The number of benzene rings is 1. The van der Waals surface area contributed by atoms with Gasteiger partial charge in [0.1, 0.15) is 10.7 Å². The molecule has 20 heavy (non-hydrogen) atoms. The van der Waals surface area contributed by atoms with Gasteiger partial charge < -0.3 is 0 Å². The molecule has 0 aliphatic carbocycles. The molecule has 1 aromatic carbocycles. The van der Waals surface area contributed by atoms with E-state index in [9.17, 15) is 0 Å². The van der Waals surface area contributed by atoms with Gasteiger partial charge in [0.15, 0.2) is 5.01 Å². The second kappa shape index (κ2) is 4.59. The Balaban J connectivity index is 2.14. The number of hydrogen-bond acceptors (Lipinski definition) is 5. The number of fused-ring (bicyclic) bond motifs is 1. The molecule has 2 heterocycles. The maximum absolute atomic E-state index is 4.69. The van der Waals surface area contributed by atoms with Gasteiger partial charge in [-0.2, -0.15) is 0 Å². The molecule has 0 aliphatic heterocycles. The van der Waals surface area contributed by atoms with Crippen LogP contribution in [0, 0.1) is 6.92 Å². The van der Waals surface area contributed by atoms with E-state index in [1.54, 1.807) is 11.3 Å². The van der Waals surface area contributed by atoms with Gasteiger partial charge in [-0.25, -0.2) is 9.97 Å². The number of rotatable bonds is 1. The summed E-state index contributed by atoms with van der Waals surface area (Å²) in [7, 11) is 0. The smallest absolute Gasteiger partial charge is 0.168 e. The van der Waals surface area contributed by atoms with E-state index in [2.05, 4.69) is 40.9 Å². The highest BCUT2D eigenvalue weighted by molar-refractivity contribution is 7.14. The van der Waals surface area contributed by atoms with Crippen LogP contribution >= 0.6 is 11.3 Å². The lowest BCUT2D eigenvalue weighted by Crippen LogP contribution is -2.10. The molecule has 0 saturated carbocycles. The predicted octanol–water partition coefficient (Wildman–Crippen LogP) is 3.75. The number of aryl methyl sites for hydroxylation is 1. The highest BCUT2D eigenvalue weighted by Crippen LogP contribution is 2.31. The standard InChI is InChI=1S/C15H16N4S/c1-9-12(13-18-19-14(20-13)15(2,3)4)17-11-8-6-5-7-10(11)16-9/h5-8H,1-4H3. The van der Waals surface area contributed by atoms with Crippen molar-refractivity contribution in [3.05, 3.63) is 35.0 Å². The first-order valence-corrected chi connectivity index (χ1v) is 7.34. The Bertz CT molecular complexity index is 771. The van der Waals surface area contributed by atoms with Crippen molar-refractivity contribution in [1.82, 2.24) is 20.2 Å². The normalized spacial score (nSPS) is 12.0. The molecule has 0 bridgehead atoms. The topological polar surface area (TPSA) is 51.6 Å². The van der Waals surface area contributed by atoms with Crippen molar-refractivity contribution in [2.24, 2.45) is 0 Å². The van der Waals surface area contributed by atoms with E-state index < -0.39 is 0 Å². The van der Waals surface area contributed by atoms with Crippen molar-refractivity contribution in [3.63, 3.8) is 0 Å². The van der Waals surface area contributed by atoms with E-state index in [1.807, 2.05) is 31.2 Å². The van der Waals surface area contributed by atoms with Crippen LogP contribution in [0.3, 0.4) is 0 Å². The molecule has 0 spiro atoms. The Morgan fingerprint density at radius 1 is 0.950 bits per heavy atom. The number of nitrogens with zero attached hydrogens (tertiary/aromatic N) is 4. The summed E-state index contributed by atoms with van der Waals surface area (Å²) in [5.41, 5.74) is 3.53. The lowest BCUT2D eigenvalue weighted by Gasteiger charge is -2.12. The fourth-order valence-electron chi connectivity index (χ4n) is 1.91. The summed E-state index contributed by atoms with van der Waals surface area (Å²) in [6.07, 6.45) is 0. The van der Waals surface area contributed by atoms with E-state index in [4.69, 9.17) is 0 Å². The monoisotopic (exact) mass is 284 g/mol. The molecule has 2 aromatic heterocycles. The second-order valence-corrected chi connectivity index (χ2v) is 6.79.